The third kappa shape index (κ3) is 15.9. The zero-order valence-corrected chi connectivity index (χ0v) is 8.77. The molecule has 0 atom stereocenters. The van der Waals surface area contributed by atoms with Gasteiger partial charge in [0.15, 0.2) is 0 Å². The molecular weight excluding hydrogens is 171 g/mol. The van der Waals surface area contributed by atoms with E-state index in [1.54, 1.807) is 6.92 Å². The zero-order chi connectivity index (χ0) is 6.62. The van der Waals surface area contributed by atoms with E-state index in [-0.39, 0.29) is 41.6 Å². The third-order valence-electron chi connectivity index (χ3n) is 0.432. The van der Waals surface area contributed by atoms with Crippen LogP contribution >= 0.6 is 0 Å². The molecule has 0 bridgehead atoms. The van der Waals surface area contributed by atoms with Crippen molar-refractivity contribution in [3.63, 3.8) is 0 Å². The summed E-state index contributed by atoms with van der Waals surface area (Å²) < 4.78 is 32.6. The van der Waals surface area contributed by atoms with Gasteiger partial charge in [0, 0.05) is 0 Å². The van der Waals surface area contributed by atoms with Crippen molar-refractivity contribution in [1.29, 1.82) is 0 Å². The van der Waals surface area contributed by atoms with E-state index in [1.807, 2.05) is 0 Å². The van der Waals surface area contributed by atoms with Crippen molar-refractivity contribution in [2.75, 3.05) is 6.61 Å². The molecule has 0 radical (unpaired) electrons. The monoisotopic (exact) mass is 180 g/mol. The van der Waals surface area contributed by atoms with Crippen LogP contribution in [-0.2, 0) is 14.6 Å². The first kappa shape index (κ1) is 17.1. The van der Waals surface area contributed by atoms with Crippen molar-refractivity contribution in [3.05, 3.63) is 0 Å². The summed E-state index contributed by atoms with van der Waals surface area (Å²) in [7, 11) is -4.44. The van der Waals surface area contributed by atoms with E-state index in [0.29, 0.717) is 6.42 Å². The molecule has 0 fully saturated rings. The van der Waals surface area contributed by atoms with Gasteiger partial charge in [-0.25, -0.2) is 8.42 Å². The Kier molecular flexibility index (Phi) is 13.5. The molecule has 0 aromatic carbocycles. The molecule has 0 amide bonds. The van der Waals surface area contributed by atoms with Crippen molar-refractivity contribution in [2.45, 2.75) is 13.3 Å². The topological polar surface area (TPSA) is 97.9 Å². The molecule has 58 valence electrons. The molecular formula is C3H9NaO5S. The van der Waals surface area contributed by atoms with Gasteiger partial charge in [0.25, 0.3) is 0 Å². The Hall–Kier alpha value is 0.830. The molecule has 0 aliphatic rings. The molecule has 2 N–H and O–H groups in total. The Bertz CT molecular complexity index is 141. The predicted octanol–water partition coefficient (Wildman–Crippen LogP) is -3.95. The Morgan fingerprint density at radius 3 is 2.00 bits per heavy atom. The van der Waals surface area contributed by atoms with Crippen LogP contribution in [-0.4, -0.2) is 25.1 Å². The van der Waals surface area contributed by atoms with Gasteiger partial charge in [0.2, 0.25) is 10.4 Å². The Morgan fingerprint density at radius 1 is 1.50 bits per heavy atom. The maximum absolute atomic E-state index is 9.61. The smallest absolute Gasteiger partial charge is 0.726 e. The predicted molar refractivity (Wildman–Crippen MR) is 29.6 cm³/mol. The average molecular weight is 180 g/mol. The fraction of sp³-hybridized carbons (Fsp3) is 1.00. The Morgan fingerprint density at radius 2 is 1.90 bits per heavy atom. The van der Waals surface area contributed by atoms with Gasteiger partial charge in [-0.2, -0.15) is 0 Å². The van der Waals surface area contributed by atoms with Crippen LogP contribution in [0.5, 0.6) is 0 Å². The van der Waals surface area contributed by atoms with Gasteiger partial charge in [-0.1, -0.05) is 6.92 Å². The molecule has 0 saturated heterocycles. The van der Waals surface area contributed by atoms with Gasteiger partial charge >= 0.3 is 29.6 Å². The van der Waals surface area contributed by atoms with Crippen LogP contribution in [0.4, 0.5) is 0 Å². The molecule has 0 saturated carbocycles. The normalized spacial score (nSPS) is 9.40. The van der Waals surface area contributed by atoms with Crippen molar-refractivity contribution >= 4 is 10.4 Å². The van der Waals surface area contributed by atoms with Crippen LogP contribution in [0.2, 0.25) is 0 Å². The number of rotatable bonds is 3. The average Bonchev–Trinajstić information content (AvgIpc) is 1.59. The van der Waals surface area contributed by atoms with Crippen LogP contribution in [0.15, 0.2) is 0 Å². The molecule has 0 aromatic heterocycles. The quantitative estimate of drug-likeness (QED) is 0.251. The van der Waals surface area contributed by atoms with E-state index < -0.39 is 10.4 Å². The van der Waals surface area contributed by atoms with E-state index in [4.69, 9.17) is 0 Å². The van der Waals surface area contributed by atoms with E-state index in [0.717, 1.165) is 0 Å². The summed E-state index contributed by atoms with van der Waals surface area (Å²) in [6, 6.07) is 0. The first-order valence-corrected chi connectivity index (χ1v) is 3.50. The SMILES string of the molecule is CCCOS(=O)(=O)[O-].O.[Na+]. The summed E-state index contributed by atoms with van der Waals surface area (Å²) in [5.74, 6) is 0. The zero-order valence-electron chi connectivity index (χ0n) is 5.96. The number of hydrogen-bond acceptors (Lipinski definition) is 4. The maximum atomic E-state index is 9.61. The van der Waals surface area contributed by atoms with E-state index in [9.17, 15) is 13.0 Å². The van der Waals surface area contributed by atoms with Crippen molar-refractivity contribution in [1.82, 2.24) is 0 Å². The maximum Gasteiger partial charge on any atom is 1.00 e. The third-order valence-corrected chi connectivity index (χ3v) is 0.887. The largest absolute Gasteiger partial charge is 1.00 e. The summed E-state index contributed by atoms with van der Waals surface area (Å²) in [5.41, 5.74) is 0. The Labute approximate surface area is 82.3 Å². The molecule has 0 heterocycles. The minimum absolute atomic E-state index is 0. The summed E-state index contributed by atoms with van der Waals surface area (Å²) >= 11 is 0. The van der Waals surface area contributed by atoms with Gasteiger partial charge in [0.05, 0.1) is 6.61 Å². The first-order valence-electron chi connectivity index (χ1n) is 2.16. The molecule has 7 heteroatoms. The van der Waals surface area contributed by atoms with Crippen LogP contribution in [0, 0.1) is 0 Å². The summed E-state index contributed by atoms with van der Waals surface area (Å²) in [5, 5.41) is 0. The first-order chi connectivity index (χ1) is 3.56. The van der Waals surface area contributed by atoms with Crippen molar-refractivity contribution < 1.29 is 52.2 Å². The summed E-state index contributed by atoms with van der Waals surface area (Å²) in [6.45, 7) is 1.69. The number of hydrogen-bond donors (Lipinski definition) is 0. The molecule has 0 unspecified atom stereocenters. The van der Waals surface area contributed by atoms with Crippen LogP contribution in [0.25, 0.3) is 0 Å². The van der Waals surface area contributed by atoms with Crippen LogP contribution in [0.1, 0.15) is 13.3 Å². The molecule has 0 spiro atoms. The molecule has 0 aliphatic heterocycles. The second-order valence-electron chi connectivity index (χ2n) is 1.23. The molecule has 5 nitrogen and oxygen atoms in total. The molecule has 10 heavy (non-hydrogen) atoms. The fourth-order valence-electron chi connectivity index (χ4n) is 0.185. The minimum atomic E-state index is -4.44. The molecule has 0 rings (SSSR count). The standard InChI is InChI=1S/C3H8O4S.Na.H2O/c1-2-3-7-8(4,5)6;;/h2-3H2,1H3,(H,4,5,6);;1H2/q;+1;/p-1. The van der Waals surface area contributed by atoms with Gasteiger partial charge < -0.3 is 10.0 Å². The van der Waals surface area contributed by atoms with Crippen LogP contribution < -0.4 is 29.6 Å². The molecule has 0 aliphatic carbocycles. The van der Waals surface area contributed by atoms with Gasteiger partial charge in [-0.15, -0.1) is 0 Å². The molecule has 0 aromatic rings. The van der Waals surface area contributed by atoms with Crippen LogP contribution in [0.3, 0.4) is 0 Å². The minimum Gasteiger partial charge on any atom is -0.726 e. The Balaban J connectivity index is -0.000000245. The van der Waals surface area contributed by atoms with Gasteiger partial charge in [-0.05, 0) is 6.42 Å². The van der Waals surface area contributed by atoms with E-state index in [1.165, 1.54) is 0 Å². The van der Waals surface area contributed by atoms with E-state index in [2.05, 4.69) is 4.18 Å². The summed E-state index contributed by atoms with van der Waals surface area (Å²) in [6.07, 6.45) is 0.529. The second-order valence-corrected chi connectivity index (χ2v) is 2.28. The fourth-order valence-corrected chi connectivity index (χ4v) is 0.556. The van der Waals surface area contributed by atoms with Gasteiger partial charge in [0.1, 0.15) is 0 Å². The van der Waals surface area contributed by atoms with Gasteiger partial charge in [-0.3, -0.25) is 4.18 Å². The summed E-state index contributed by atoms with van der Waals surface area (Å²) in [4.78, 5) is 0. The van der Waals surface area contributed by atoms with E-state index >= 15 is 0 Å². The second kappa shape index (κ2) is 7.93. The van der Waals surface area contributed by atoms with Crippen molar-refractivity contribution in [2.24, 2.45) is 0 Å². The van der Waals surface area contributed by atoms with Crippen molar-refractivity contribution in [3.8, 4) is 0 Å².